The molecule has 0 saturated carbocycles. The van der Waals surface area contributed by atoms with Crippen molar-refractivity contribution >= 4 is 11.7 Å². The SMILES string of the molecule is Nc1cc(C(=O)N2CCOCC2)on1. The lowest BCUT2D eigenvalue weighted by Gasteiger charge is -2.25. The highest BCUT2D eigenvalue weighted by molar-refractivity contribution is 5.92. The Kier molecular flexibility index (Phi) is 2.36. The van der Waals surface area contributed by atoms with Crippen molar-refractivity contribution < 1.29 is 14.1 Å². The van der Waals surface area contributed by atoms with Gasteiger partial charge in [0, 0.05) is 19.2 Å². The number of carbonyl (C=O) groups is 1. The average Bonchev–Trinajstić information content (AvgIpc) is 2.65. The largest absolute Gasteiger partial charge is 0.381 e. The smallest absolute Gasteiger partial charge is 0.292 e. The van der Waals surface area contributed by atoms with Crippen LogP contribution in [0.2, 0.25) is 0 Å². The Morgan fingerprint density at radius 2 is 2.21 bits per heavy atom. The quantitative estimate of drug-likeness (QED) is 0.670. The molecule has 1 fully saturated rings. The first kappa shape index (κ1) is 9.01. The third-order valence-corrected chi connectivity index (χ3v) is 2.04. The minimum atomic E-state index is -0.183. The van der Waals surface area contributed by atoms with Crippen LogP contribution < -0.4 is 5.73 Å². The van der Waals surface area contributed by atoms with Crippen LogP contribution in [0.15, 0.2) is 10.6 Å². The molecule has 0 aromatic carbocycles. The molecule has 0 unspecified atom stereocenters. The second-order valence-electron chi connectivity index (χ2n) is 3.02. The molecule has 14 heavy (non-hydrogen) atoms. The second kappa shape index (κ2) is 3.67. The van der Waals surface area contributed by atoms with E-state index in [0.717, 1.165) is 0 Å². The molecule has 76 valence electrons. The van der Waals surface area contributed by atoms with Crippen LogP contribution in [0.1, 0.15) is 10.6 Å². The normalized spacial score (nSPS) is 17.0. The molecule has 2 N–H and O–H groups in total. The van der Waals surface area contributed by atoms with Crippen LogP contribution in [-0.2, 0) is 4.74 Å². The van der Waals surface area contributed by atoms with Crippen molar-refractivity contribution in [3.63, 3.8) is 0 Å². The number of nitrogen functional groups attached to an aromatic ring is 1. The number of nitrogens with two attached hydrogens (primary N) is 1. The van der Waals surface area contributed by atoms with E-state index in [2.05, 4.69) is 5.16 Å². The highest BCUT2D eigenvalue weighted by atomic mass is 16.5. The Morgan fingerprint density at radius 3 is 2.79 bits per heavy atom. The molecule has 1 aromatic heterocycles. The third kappa shape index (κ3) is 1.69. The summed E-state index contributed by atoms with van der Waals surface area (Å²) in [4.78, 5) is 13.4. The van der Waals surface area contributed by atoms with Gasteiger partial charge < -0.3 is 19.9 Å². The molecule has 1 aliphatic heterocycles. The zero-order chi connectivity index (χ0) is 9.97. The average molecular weight is 197 g/mol. The maximum atomic E-state index is 11.7. The molecule has 2 heterocycles. The number of aromatic nitrogens is 1. The highest BCUT2D eigenvalue weighted by Crippen LogP contribution is 2.09. The number of rotatable bonds is 1. The molecule has 0 radical (unpaired) electrons. The van der Waals surface area contributed by atoms with Crippen molar-refractivity contribution in [2.75, 3.05) is 32.0 Å². The van der Waals surface area contributed by atoms with Gasteiger partial charge in [0.05, 0.1) is 13.2 Å². The van der Waals surface area contributed by atoms with Gasteiger partial charge in [-0.15, -0.1) is 0 Å². The van der Waals surface area contributed by atoms with Gasteiger partial charge in [0.15, 0.2) is 5.82 Å². The lowest BCUT2D eigenvalue weighted by molar-refractivity contribution is 0.0277. The zero-order valence-electron chi connectivity index (χ0n) is 7.60. The van der Waals surface area contributed by atoms with Gasteiger partial charge in [-0.2, -0.15) is 0 Å². The number of morpholine rings is 1. The van der Waals surface area contributed by atoms with E-state index in [-0.39, 0.29) is 17.5 Å². The summed E-state index contributed by atoms with van der Waals surface area (Å²) in [6.07, 6.45) is 0. The lowest BCUT2D eigenvalue weighted by atomic mass is 10.3. The summed E-state index contributed by atoms with van der Waals surface area (Å²) in [5, 5.41) is 3.46. The van der Waals surface area contributed by atoms with E-state index in [1.54, 1.807) is 4.90 Å². The summed E-state index contributed by atoms with van der Waals surface area (Å²) >= 11 is 0. The van der Waals surface area contributed by atoms with Crippen LogP contribution in [0, 0.1) is 0 Å². The Bertz CT molecular complexity index is 330. The highest BCUT2D eigenvalue weighted by Gasteiger charge is 2.21. The van der Waals surface area contributed by atoms with Gasteiger partial charge >= 0.3 is 0 Å². The molecule has 2 rings (SSSR count). The zero-order valence-corrected chi connectivity index (χ0v) is 7.60. The minimum absolute atomic E-state index is 0.183. The first-order chi connectivity index (χ1) is 6.77. The van der Waals surface area contributed by atoms with Gasteiger partial charge in [-0.1, -0.05) is 5.16 Å². The van der Waals surface area contributed by atoms with Crippen LogP contribution in [0.5, 0.6) is 0 Å². The topological polar surface area (TPSA) is 81.6 Å². The molecule has 1 amide bonds. The van der Waals surface area contributed by atoms with Crippen LogP contribution in [0.25, 0.3) is 0 Å². The maximum absolute atomic E-state index is 11.7. The predicted molar refractivity (Wildman–Crippen MR) is 47.6 cm³/mol. The van der Waals surface area contributed by atoms with Crippen molar-refractivity contribution in [2.45, 2.75) is 0 Å². The minimum Gasteiger partial charge on any atom is -0.381 e. The second-order valence-corrected chi connectivity index (χ2v) is 3.02. The van der Waals surface area contributed by atoms with E-state index in [1.807, 2.05) is 0 Å². The van der Waals surface area contributed by atoms with Crippen molar-refractivity contribution in [1.29, 1.82) is 0 Å². The van der Waals surface area contributed by atoms with E-state index < -0.39 is 0 Å². The van der Waals surface area contributed by atoms with Gasteiger partial charge in [-0.05, 0) is 0 Å². The van der Waals surface area contributed by atoms with Gasteiger partial charge in [0.25, 0.3) is 5.91 Å². The summed E-state index contributed by atoms with van der Waals surface area (Å²) in [6.45, 7) is 2.30. The van der Waals surface area contributed by atoms with E-state index in [0.29, 0.717) is 26.3 Å². The number of hydrogen-bond donors (Lipinski definition) is 1. The van der Waals surface area contributed by atoms with Crippen molar-refractivity contribution in [1.82, 2.24) is 10.1 Å². The predicted octanol–water partition coefficient (Wildman–Crippen LogP) is -0.271. The Hall–Kier alpha value is -1.56. The summed E-state index contributed by atoms with van der Waals surface area (Å²) in [6, 6.07) is 1.43. The molecule has 0 aliphatic carbocycles. The van der Waals surface area contributed by atoms with Crippen molar-refractivity contribution in [3.05, 3.63) is 11.8 Å². The number of nitrogens with zero attached hydrogens (tertiary/aromatic N) is 2. The van der Waals surface area contributed by atoms with Crippen molar-refractivity contribution in [3.8, 4) is 0 Å². The molecule has 0 bridgehead atoms. The Balaban J connectivity index is 2.07. The number of carbonyl (C=O) groups excluding carboxylic acids is 1. The summed E-state index contributed by atoms with van der Waals surface area (Å²) in [7, 11) is 0. The molecule has 1 aromatic rings. The van der Waals surface area contributed by atoms with E-state index >= 15 is 0 Å². The summed E-state index contributed by atoms with van der Waals surface area (Å²) < 4.78 is 9.90. The van der Waals surface area contributed by atoms with Gasteiger partial charge in [-0.25, -0.2) is 0 Å². The van der Waals surface area contributed by atoms with Gasteiger partial charge in [0.2, 0.25) is 5.76 Å². The monoisotopic (exact) mass is 197 g/mol. The molecular formula is C8H11N3O3. The number of amides is 1. The van der Waals surface area contributed by atoms with E-state index in [1.165, 1.54) is 6.07 Å². The molecule has 0 atom stereocenters. The van der Waals surface area contributed by atoms with Crippen LogP contribution in [0.4, 0.5) is 5.82 Å². The summed E-state index contributed by atoms with van der Waals surface area (Å²) in [5.74, 6) is 0.225. The molecular weight excluding hydrogens is 186 g/mol. The van der Waals surface area contributed by atoms with E-state index in [4.69, 9.17) is 15.0 Å². The van der Waals surface area contributed by atoms with Gasteiger partial charge in [0.1, 0.15) is 0 Å². The molecule has 1 aliphatic rings. The lowest BCUT2D eigenvalue weighted by Crippen LogP contribution is -2.40. The van der Waals surface area contributed by atoms with Crippen LogP contribution in [0.3, 0.4) is 0 Å². The maximum Gasteiger partial charge on any atom is 0.292 e. The van der Waals surface area contributed by atoms with Crippen LogP contribution in [-0.4, -0.2) is 42.3 Å². The molecule has 6 heteroatoms. The first-order valence-corrected chi connectivity index (χ1v) is 4.36. The number of ether oxygens (including phenoxy) is 1. The fourth-order valence-corrected chi connectivity index (χ4v) is 1.31. The molecule has 1 saturated heterocycles. The fraction of sp³-hybridized carbons (Fsp3) is 0.500. The summed E-state index contributed by atoms with van der Waals surface area (Å²) in [5.41, 5.74) is 5.35. The van der Waals surface area contributed by atoms with Crippen molar-refractivity contribution in [2.24, 2.45) is 0 Å². The number of hydrogen-bond acceptors (Lipinski definition) is 5. The molecule has 0 spiro atoms. The first-order valence-electron chi connectivity index (χ1n) is 4.36. The van der Waals surface area contributed by atoms with E-state index in [9.17, 15) is 4.79 Å². The third-order valence-electron chi connectivity index (χ3n) is 2.04. The fourth-order valence-electron chi connectivity index (χ4n) is 1.31. The van der Waals surface area contributed by atoms with Crippen LogP contribution >= 0.6 is 0 Å². The number of anilines is 1. The Morgan fingerprint density at radius 1 is 1.50 bits per heavy atom. The molecule has 6 nitrogen and oxygen atoms in total. The van der Waals surface area contributed by atoms with Gasteiger partial charge in [-0.3, -0.25) is 4.79 Å². The standard InChI is InChI=1S/C8H11N3O3/c9-7-5-6(14-10-7)8(12)11-1-3-13-4-2-11/h5H,1-4H2,(H2,9,10). The Labute approximate surface area is 80.6 Å².